The molecule has 0 aliphatic carbocycles. The molecule has 41 heavy (non-hydrogen) atoms. The van der Waals surface area contributed by atoms with Crippen molar-refractivity contribution in [1.29, 1.82) is 0 Å². The number of H-pyrrole nitrogens is 1. The molecule has 2 heterocycles. The predicted octanol–water partition coefficient (Wildman–Crippen LogP) is 4.98. The number of benzene rings is 2. The van der Waals surface area contributed by atoms with E-state index in [-0.39, 0.29) is 16.3 Å². The number of nitrogens with one attached hydrogen (secondary N) is 2. The van der Waals surface area contributed by atoms with Crippen molar-refractivity contribution in [2.75, 3.05) is 25.0 Å². The van der Waals surface area contributed by atoms with Crippen LogP contribution in [-0.4, -0.2) is 48.3 Å². The summed E-state index contributed by atoms with van der Waals surface area (Å²) >= 11 is 0. The number of nitrogens with zero attached hydrogens (tertiary/aromatic N) is 3. The van der Waals surface area contributed by atoms with Crippen LogP contribution in [0.3, 0.4) is 0 Å². The van der Waals surface area contributed by atoms with Gasteiger partial charge < -0.3 is 19.2 Å². The molecule has 0 saturated heterocycles. The molecule has 0 bridgehead atoms. The molecule has 0 amide bonds. The number of hydrogen-bond acceptors (Lipinski definition) is 8. The molecule has 0 aliphatic rings. The quantitative estimate of drug-likeness (QED) is 0.225. The van der Waals surface area contributed by atoms with Gasteiger partial charge in [0.25, 0.3) is 15.6 Å². The maximum Gasteiger partial charge on any atom is 0.277 e. The van der Waals surface area contributed by atoms with Crippen LogP contribution in [0.2, 0.25) is 0 Å². The number of methoxy groups -OCH3 is 1. The number of hydrogen-bond donors (Lipinski definition) is 2. The van der Waals surface area contributed by atoms with Gasteiger partial charge in [0.05, 0.1) is 42.2 Å². The van der Waals surface area contributed by atoms with Gasteiger partial charge in [-0.05, 0) is 56.5 Å². The number of ether oxygens (including phenoxy) is 3. The molecule has 2 aromatic heterocycles. The minimum Gasteiger partial charge on any atom is -0.493 e. The van der Waals surface area contributed by atoms with Crippen LogP contribution in [0.25, 0.3) is 16.9 Å². The molecule has 0 fully saturated rings. The van der Waals surface area contributed by atoms with Crippen molar-refractivity contribution in [1.82, 2.24) is 19.6 Å². The number of anilines is 1. The summed E-state index contributed by atoms with van der Waals surface area (Å²) in [6.45, 7) is 10.6. The Kier molecular flexibility index (Phi) is 9.21. The van der Waals surface area contributed by atoms with Gasteiger partial charge >= 0.3 is 0 Å². The summed E-state index contributed by atoms with van der Waals surface area (Å²) < 4.78 is 48.2. The van der Waals surface area contributed by atoms with E-state index in [1.807, 2.05) is 13.8 Å². The highest BCUT2D eigenvalue weighted by Crippen LogP contribution is 2.34. The highest BCUT2D eigenvalue weighted by molar-refractivity contribution is 7.92. The number of aryl methyl sites for hydroxylation is 2. The lowest BCUT2D eigenvalue weighted by Gasteiger charge is -2.16. The number of imidazole rings is 1. The minimum absolute atomic E-state index is 0.0367. The highest BCUT2D eigenvalue weighted by Gasteiger charge is 2.22. The van der Waals surface area contributed by atoms with Crippen LogP contribution in [0.1, 0.15) is 52.1 Å². The van der Waals surface area contributed by atoms with Crippen LogP contribution in [0.15, 0.2) is 46.1 Å². The summed E-state index contributed by atoms with van der Waals surface area (Å²) in [5.74, 6) is 2.51. The molecule has 220 valence electrons. The van der Waals surface area contributed by atoms with Gasteiger partial charge in [-0.1, -0.05) is 27.2 Å². The molecule has 1 atom stereocenters. The Morgan fingerprint density at radius 3 is 2.49 bits per heavy atom. The molecule has 0 radical (unpaired) electrons. The summed E-state index contributed by atoms with van der Waals surface area (Å²) in [7, 11) is -2.55. The molecular formula is C29H37N5O6S. The maximum absolute atomic E-state index is 13.5. The summed E-state index contributed by atoms with van der Waals surface area (Å²) in [5, 5.41) is 4.64. The average Bonchev–Trinajstić information content (AvgIpc) is 3.27. The standard InChI is InChI=1S/C29H37N5O6S/c1-7-10-26-30-19(5)27-29(35)31-28(32-34(26)27)22-16-21(12-14-23(22)39-9-3)41(36,37)33-20-11-13-24(25(15-20)38-6)40-17-18(4)8-2/h11-16,18,33H,7-10,17H2,1-6H3,(H,31,32,35). The molecule has 2 N–H and O–H groups in total. The van der Waals surface area contributed by atoms with Gasteiger partial charge in [-0.3, -0.25) is 9.52 Å². The largest absolute Gasteiger partial charge is 0.493 e. The second-order valence-electron chi connectivity index (χ2n) is 9.81. The zero-order chi connectivity index (χ0) is 29.7. The second-order valence-corrected chi connectivity index (χ2v) is 11.5. The molecule has 2 aromatic carbocycles. The third-order valence-corrected chi connectivity index (χ3v) is 8.05. The summed E-state index contributed by atoms with van der Waals surface area (Å²) in [6, 6.07) is 9.29. The molecule has 0 aliphatic heterocycles. The van der Waals surface area contributed by atoms with E-state index in [9.17, 15) is 13.2 Å². The minimum atomic E-state index is -4.05. The summed E-state index contributed by atoms with van der Waals surface area (Å²) in [4.78, 5) is 20.3. The van der Waals surface area contributed by atoms with Crippen LogP contribution >= 0.6 is 0 Å². The van der Waals surface area contributed by atoms with E-state index < -0.39 is 10.0 Å². The zero-order valence-corrected chi connectivity index (χ0v) is 25.1. The normalized spacial score (nSPS) is 12.3. The van der Waals surface area contributed by atoms with Crippen LogP contribution < -0.4 is 24.5 Å². The molecule has 0 saturated carbocycles. The van der Waals surface area contributed by atoms with Crippen molar-refractivity contribution < 1.29 is 22.6 Å². The Labute approximate surface area is 239 Å². The van der Waals surface area contributed by atoms with E-state index in [0.717, 1.165) is 12.8 Å². The fourth-order valence-corrected chi connectivity index (χ4v) is 5.38. The second kappa shape index (κ2) is 12.6. The summed E-state index contributed by atoms with van der Waals surface area (Å²) in [6.07, 6.45) is 2.43. The van der Waals surface area contributed by atoms with Gasteiger partial charge in [-0.25, -0.2) is 17.9 Å². The van der Waals surface area contributed by atoms with E-state index in [1.54, 1.807) is 31.2 Å². The number of sulfonamides is 1. The Morgan fingerprint density at radius 2 is 1.80 bits per heavy atom. The number of aromatic amines is 1. The first kappa shape index (κ1) is 29.9. The fraction of sp³-hybridized carbons (Fsp3) is 0.414. The molecule has 0 spiro atoms. The lowest BCUT2D eigenvalue weighted by atomic mass is 10.1. The van der Waals surface area contributed by atoms with Crippen LogP contribution in [0.5, 0.6) is 17.2 Å². The van der Waals surface area contributed by atoms with Crippen LogP contribution in [0.4, 0.5) is 5.69 Å². The first-order valence-corrected chi connectivity index (χ1v) is 15.2. The number of fused-ring (bicyclic) bond motifs is 1. The average molecular weight is 584 g/mol. The van der Waals surface area contributed by atoms with Gasteiger partial charge in [-0.2, -0.15) is 0 Å². The van der Waals surface area contributed by atoms with E-state index in [4.69, 9.17) is 14.2 Å². The van der Waals surface area contributed by atoms with E-state index >= 15 is 0 Å². The predicted molar refractivity (Wildman–Crippen MR) is 158 cm³/mol. The van der Waals surface area contributed by atoms with Crippen molar-refractivity contribution in [2.24, 2.45) is 5.92 Å². The first-order valence-electron chi connectivity index (χ1n) is 13.7. The van der Waals surface area contributed by atoms with Crippen LogP contribution in [0, 0.1) is 12.8 Å². The maximum atomic E-state index is 13.5. The Morgan fingerprint density at radius 1 is 1.05 bits per heavy atom. The van der Waals surface area contributed by atoms with Gasteiger partial charge in [0.2, 0.25) is 0 Å². The molecular weight excluding hydrogens is 546 g/mol. The molecule has 1 unspecified atom stereocenters. The molecule has 12 heteroatoms. The van der Waals surface area contributed by atoms with Crippen LogP contribution in [-0.2, 0) is 16.4 Å². The SMILES string of the molecule is CCCc1nc(C)c2c(=O)[nH]c(-c3cc(S(=O)(=O)Nc4ccc(OCC(C)CC)c(OC)c4)ccc3OCC)nn12. The number of rotatable bonds is 13. The monoisotopic (exact) mass is 583 g/mol. The first-order chi connectivity index (χ1) is 19.6. The van der Waals surface area contributed by atoms with E-state index in [2.05, 4.69) is 33.6 Å². The zero-order valence-electron chi connectivity index (χ0n) is 24.3. The third kappa shape index (κ3) is 6.48. The third-order valence-electron chi connectivity index (χ3n) is 6.67. The molecule has 4 rings (SSSR count). The Bertz CT molecular complexity index is 1700. The highest BCUT2D eigenvalue weighted by atomic mass is 32.2. The number of aromatic nitrogens is 4. The summed E-state index contributed by atoms with van der Waals surface area (Å²) in [5.41, 5.74) is 1.18. The Hall–Kier alpha value is -4.06. The topological polar surface area (TPSA) is 137 Å². The smallest absolute Gasteiger partial charge is 0.277 e. The fourth-order valence-electron chi connectivity index (χ4n) is 4.30. The van der Waals surface area contributed by atoms with E-state index in [1.165, 1.54) is 23.8 Å². The van der Waals surface area contributed by atoms with Crippen molar-refractivity contribution in [3.05, 3.63) is 58.3 Å². The van der Waals surface area contributed by atoms with Gasteiger partial charge in [0.15, 0.2) is 22.8 Å². The van der Waals surface area contributed by atoms with Crippen molar-refractivity contribution in [3.8, 4) is 28.6 Å². The van der Waals surface area contributed by atoms with Crippen molar-refractivity contribution >= 4 is 21.2 Å². The molecule has 11 nitrogen and oxygen atoms in total. The Balaban J connectivity index is 1.72. The lowest BCUT2D eigenvalue weighted by molar-refractivity contribution is 0.244. The van der Waals surface area contributed by atoms with Gasteiger partial charge in [0.1, 0.15) is 11.6 Å². The van der Waals surface area contributed by atoms with Gasteiger partial charge in [0, 0.05) is 12.5 Å². The van der Waals surface area contributed by atoms with Gasteiger partial charge in [-0.15, -0.1) is 5.10 Å². The molecule has 4 aromatic rings. The van der Waals surface area contributed by atoms with Crippen molar-refractivity contribution in [3.63, 3.8) is 0 Å². The lowest BCUT2D eigenvalue weighted by Crippen LogP contribution is -2.17. The van der Waals surface area contributed by atoms with E-state index in [0.29, 0.717) is 71.1 Å². The van der Waals surface area contributed by atoms with Crippen molar-refractivity contribution in [2.45, 2.75) is 58.8 Å².